The van der Waals surface area contributed by atoms with Gasteiger partial charge in [-0.15, -0.1) is 0 Å². The van der Waals surface area contributed by atoms with E-state index < -0.39 is 12.1 Å². The summed E-state index contributed by atoms with van der Waals surface area (Å²) >= 11 is 0. The van der Waals surface area contributed by atoms with E-state index in [0.717, 1.165) is 5.69 Å². The van der Waals surface area contributed by atoms with Crippen molar-refractivity contribution in [3.8, 4) is 5.69 Å². The summed E-state index contributed by atoms with van der Waals surface area (Å²) in [5, 5.41) is 4.48. The fourth-order valence-corrected chi connectivity index (χ4v) is 2.54. The second kappa shape index (κ2) is 7.99. The van der Waals surface area contributed by atoms with Crippen molar-refractivity contribution in [3.05, 3.63) is 84.2 Å². The summed E-state index contributed by atoms with van der Waals surface area (Å²) in [6.45, 7) is 0.105. The predicted molar refractivity (Wildman–Crippen MR) is 98.1 cm³/mol. The third-order valence-corrected chi connectivity index (χ3v) is 3.93. The van der Waals surface area contributed by atoms with Crippen LogP contribution in [0.2, 0.25) is 0 Å². The monoisotopic (exact) mass is 387 g/mol. The quantitative estimate of drug-likeness (QED) is 0.697. The molecule has 1 aromatic heterocycles. The molecule has 0 aliphatic rings. The predicted octanol–water partition coefficient (Wildman–Crippen LogP) is 3.91. The first kappa shape index (κ1) is 19.2. The van der Waals surface area contributed by atoms with Gasteiger partial charge in [0.15, 0.2) is 0 Å². The van der Waals surface area contributed by atoms with Gasteiger partial charge in [0, 0.05) is 35.9 Å². The van der Waals surface area contributed by atoms with Crippen LogP contribution in [0.1, 0.15) is 15.9 Å². The highest BCUT2D eigenvalue weighted by molar-refractivity contribution is 5.95. The van der Waals surface area contributed by atoms with Crippen LogP contribution in [0, 0.1) is 0 Å². The number of carbonyl (C=O) groups is 2. The standard InChI is InChI=1S/C20H16F3N3O2/c21-20(22,23)19(28)25-16-5-3-4-14(12-16)13-24-18(27)15-6-8-17(9-7-15)26-10-1-2-11-26/h1-12H,13H2,(H,24,27)(H,25,28). The molecule has 0 spiro atoms. The molecule has 28 heavy (non-hydrogen) atoms. The Hall–Kier alpha value is -3.55. The highest BCUT2D eigenvalue weighted by atomic mass is 19.4. The van der Waals surface area contributed by atoms with Crippen LogP contribution in [0.3, 0.4) is 0 Å². The van der Waals surface area contributed by atoms with E-state index in [4.69, 9.17) is 0 Å². The van der Waals surface area contributed by atoms with E-state index in [-0.39, 0.29) is 18.1 Å². The molecule has 1 heterocycles. The molecule has 3 aromatic rings. The number of benzene rings is 2. The number of rotatable bonds is 5. The third-order valence-electron chi connectivity index (χ3n) is 3.93. The molecule has 2 N–H and O–H groups in total. The van der Waals surface area contributed by atoms with Crippen LogP contribution in [0.25, 0.3) is 5.69 Å². The second-order valence-electron chi connectivity index (χ2n) is 5.97. The summed E-state index contributed by atoms with van der Waals surface area (Å²) in [5.41, 5.74) is 1.93. The van der Waals surface area contributed by atoms with Gasteiger partial charge in [-0.05, 0) is 54.1 Å². The number of nitrogens with zero attached hydrogens (tertiary/aromatic N) is 1. The van der Waals surface area contributed by atoms with Gasteiger partial charge in [0.2, 0.25) is 0 Å². The van der Waals surface area contributed by atoms with Gasteiger partial charge in [-0.2, -0.15) is 13.2 Å². The number of alkyl halides is 3. The van der Waals surface area contributed by atoms with Gasteiger partial charge in [-0.1, -0.05) is 12.1 Å². The maximum absolute atomic E-state index is 12.3. The Morgan fingerprint density at radius 1 is 0.929 bits per heavy atom. The van der Waals surface area contributed by atoms with Gasteiger partial charge in [0.05, 0.1) is 0 Å². The lowest BCUT2D eigenvalue weighted by molar-refractivity contribution is -0.167. The van der Waals surface area contributed by atoms with Crippen LogP contribution >= 0.6 is 0 Å². The molecule has 0 aliphatic heterocycles. The molecule has 2 amide bonds. The molecule has 0 atom stereocenters. The lowest BCUT2D eigenvalue weighted by atomic mass is 10.1. The Kier molecular flexibility index (Phi) is 5.49. The first-order valence-corrected chi connectivity index (χ1v) is 8.32. The topological polar surface area (TPSA) is 63.1 Å². The molecular weight excluding hydrogens is 371 g/mol. The van der Waals surface area contributed by atoms with Crippen molar-refractivity contribution in [3.63, 3.8) is 0 Å². The lowest BCUT2D eigenvalue weighted by Gasteiger charge is -2.10. The normalized spacial score (nSPS) is 11.1. The fraction of sp³-hybridized carbons (Fsp3) is 0.100. The number of hydrogen-bond donors (Lipinski definition) is 2. The third kappa shape index (κ3) is 4.79. The number of aromatic nitrogens is 1. The minimum Gasteiger partial charge on any atom is -0.348 e. The zero-order valence-electron chi connectivity index (χ0n) is 14.5. The van der Waals surface area contributed by atoms with Gasteiger partial charge >= 0.3 is 12.1 Å². The van der Waals surface area contributed by atoms with Gasteiger partial charge in [0.1, 0.15) is 0 Å². The van der Waals surface area contributed by atoms with Crippen LogP contribution < -0.4 is 10.6 Å². The Morgan fingerprint density at radius 3 is 2.25 bits per heavy atom. The van der Waals surface area contributed by atoms with Crippen LogP contribution in [0.15, 0.2) is 73.1 Å². The van der Waals surface area contributed by atoms with Crippen molar-refractivity contribution in [2.75, 3.05) is 5.32 Å². The van der Waals surface area contributed by atoms with Crippen LogP contribution in [0.5, 0.6) is 0 Å². The second-order valence-corrected chi connectivity index (χ2v) is 5.97. The molecule has 5 nitrogen and oxygen atoms in total. The number of nitrogens with one attached hydrogen (secondary N) is 2. The summed E-state index contributed by atoms with van der Waals surface area (Å²) in [6.07, 6.45) is -1.18. The maximum atomic E-state index is 12.3. The van der Waals surface area contributed by atoms with Crippen molar-refractivity contribution >= 4 is 17.5 Å². The molecule has 0 bridgehead atoms. The SMILES string of the molecule is O=C(NCc1cccc(NC(=O)C(F)(F)F)c1)c1ccc(-n2cccc2)cc1. The van der Waals surface area contributed by atoms with Gasteiger partial charge in [-0.25, -0.2) is 0 Å². The summed E-state index contributed by atoms with van der Waals surface area (Å²) in [6, 6.07) is 16.6. The number of carbonyl (C=O) groups excluding carboxylic acids is 2. The molecule has 0 fully saturated rings. The van der Waals surface area contributed by atoms with Crippen LogP contribution in [0.4, 0.5) is 18.9 Å². The highest BCUT2D eigenvalue weighted by Crippen LogP contribution is 2.19. The van der Waals surface area contributed by atoms with Crippen LogP contribution in [-0.2, 0) is 11.3 Å². The lowest BCUT2D eigenvalue weighted by Crippen LogP contribution is -2.30. The maximum Gasteiger partial charge on any atom is 0.471 e. The van der Waals surface area contributed by atoms with Gasteiger partial charge in [0.25, 0.3) is 5.91 Å². The number of halogens is 3. The van der Waals surface area contributed by atoms with Gasteiger partial charge < -0.3 is 15.2 Å². The average molecular weight is 387 g/mol. The van der Waals surface area contributed by atoms with Crippen molar-refractivity contribution in [2.24, 2.45) is 0 Å². The van der Waals surface area contributed by atoms with E-state index in [0.29, 0.717) is 11.1 Å². The Morgan fingerprint density at radius 2 is 1.61 bits per heavy atom. The molecule has 2 aromatic carbocycles. The van der Waals surface area contributed by atoms with Crippen molar-refractivity contribution in [1.82, 2.24) is 9.88 Å². The molecule has 0 aliphatic carbocycles. The number of amides is 2. The molecule has 0 saturated carbocycles. The zero-order chi connectivity index (χ0) is 20.1. The Bertz CT molecular complexity index is 965. The summed E-state index contributed by atoms with van der Waals surface area (Å²) < 4.78 is 38.9. The van der Waals surface area contributed by atoms with Crippen molar-refractivity contribution < 1.29 is 22.8 Å². The van der Waals surface area contributed by atoms with E-state index in [9.17, 15) is 22.8 Å². The average Bonchev–Trinajstić information content (AvgIpc) is 3.20. The summed E-state index contributed by atoms with van der Waals surface area (Å²) in [7, 11) is 0. The molecule has 0 radical (unpaired) electrons. The highest BCUT2D eigenvalue weighted by Gasteiger charge is 2.38. The van der Waals surface area contributed by atoms with Crippen LogP contribution in [-0.4, -0.2) is 22.6 Å². The van der Waals surface area contributed by atoms with E-state index >= 15 is 0 Å². The fourth-order valence-electron chi connectivity index (χ4n) is 2.54. The van der Waals surface area contributed by atoms with E-state index in [2.05, 4.69) is 5.32 Å². The summed E-state index contributed by atoms with van der Waals surface area (Å²) in [5.74, 6) is -2.36. The van der Waals surface area contributed by atoms with Crippen molar-refractivity contribution in [1.29, 1.82) is 0 Å². The minimum absolute atomic E-state index is 0.00477. The molecule has 0 unspecified atom stereocenters. The van der Waals surface area contributed by atoms with E-state index in [1.165, 1.54) is 18.2 Å². The smallest absolute Gasteiger partial charge is 0.348 e. The minimum atomic E-state index is -4.96. The van der Waals surface area contributed by atoms with Crippen molar-refractivity contribution in [2.45, 2.75) is 12.7 Å². The molecule has 8 heteroatoms. The van der Waals surface area contributed by atoms with E-state index in [1.807, 2.05) is 41.2 Å². The zero-order valence-corrected chi connectivity index (χ0v) is 14.5. The molecule has 3 rings (SSSR count). The molecule has 0 saturated heterocycles. The number of hydrogen-bond acceptors (Lipinski definition) is 2. The van der Waals surface area contributed by atoms with E-state index in [1.54, 1.807) is 23.5 Å². The Balaban J connectivity index is 1.60. The molecule has 144 valence electrons. The van der Waals surface area contributed by atoms with Gasteiger partial charge in [-0.3, -0.25) is 9.59 Å². The number of anilines is 1. The first-order chi connectivity index (χ1) is 13.3. The largest absolute Gasteiger partial charge is 0.471 e. The molecular formula is C20H16F3N3O2. The first-order valence-electron chi connectivity index (χ1n) is 8.32. The summed E-state index contributed by atoms with van der Waals surface area (Å²) in [4.78, 5) is 23.3. The Labute approximate surface area is 158 Å².